The maximum absolute atomic E-state index is 14.2. The number of halogens is 6. The maximum atomic E-state index is 14.2. The van der Waals surface area contributed by atoms with Crippen molar-refractivity contribution < 1.29 is 18.8 Å². The van der Waals surface area contributed by atoms with Crippen molar-refractivity contribution >= 4 is 81.3 Å². The molecule has 1 fully saturated rings. The Balaban J connectivity index is 1.81. The van der Waals surface area contributed by atoms with E-state index in [1.807, 2.05) is 0 Å². The number of ketones is 1. The number of anilines is 1. The van der Waals surface area contributed by atoms with Gasteiger partial charge in [-0.15, -0.1) is 23.2 Å². The molecule has 0 unspecified atom stereocenters. The number of hydrogen-bond donors (Lipinski definition) is 2. The van der Waals surface area contributed by atoms with Gasteiger partial charge in [-0.3, -0.25) is 14.4 Å². The Morgan fingerprint density at radius 3 is 2.23 bits per heavy atom. The molecule has 0 radical (unpaired) electrons. The molecule has 5 nitrogen and oxygen atoms in total. The molecular weight excluding hydrogens is 512 g/mol. The highest BCUT2D eigenvalue weighted by molar-refractivity contribution is 6.53. The molecular formula is C20H14Cl5FN2O3. The van der Waals surface area contributed by atoms with Crippen LogP contribution < -0.4 is 10.6 Å². The van der Waals surface area contributed by atoms with Gasteiger partial charge in [-0.2, -0.15) is 0 Å². The topological polar surface area (TPSA) is 75.3 Å². The van der Waals surface area contributed by atoms with Crippen LogP contribution in [0.5, 0.6) is 0 Å². The van der Waals surface area contributed by atoms with Crippen LogP contribution >= 0.6 is 58.0 Å². The van der Waals surface area contributed by atoms with Crippen LogP contribution in [0.1, 0.15) is 28.8 Å². The average molecular weight is 527 g/mol. The smallest absolute Gasteiger partial charge is 0.253 e. The molecule has 2 N–H and O–H groups in total. The molecule has 3 rings (SSSR count). The molecule has 2 aromatic carbocycles. The standard InChI is InChI=1S/C20H14Cl5FN2O3/c1-8(29)7-27-18(30)13-5-12(6-14(26)17(13)23)28-19(31)16-15(20(16,24)25)9-2-10(21)4-11(22)3-9/h2-6,15-16H,7H2,1H3,(H,27,30)(H,28,31)/t15-,16+/m0/s1. The predicted molar refractivity (Wildman–Crippen MR) is 120 cm³/mol. The lowest BCUT2D eigenvalue weighted by molar-refractivity contribution is -0.117. The highest BCUT2D eigenvalue weighted by Crippen LogP contribution is 2.65. The molecule has 164 valence electrons. The van der Waals surface area contributed by atoms with Crippen molar-refractivity contribution in [1.82, 2.24) is 5.32 Å². The van der Waals surface area contributed by atoms with E-state index in [0.29, 0.717) is 15.6 Å². The van der Waals surface area contributed by atoms with E-state index in [4.69, 9.17) is 58.0 Å². The summed E-state index contributed by atoms with van der Waals surface area (Å²) in [7, 11) is 0. The zero-order valence-electron chi connectivity index (χ0n) is 15.7. The van der Waals surface area contributed by atoms with Gasteiger partial charge in [0.1, 0.15) is 15.9 Å². The van der Waals surface area contributed by atoms with Crippen molar-refractivity contribution in [3.63, 3.8) is 0 Å². The van der Waals surface area contributed by atoms with Gasteiger partial charge in [-0.05, 0) is 42.8 Å². The molecule has 1 aliphatic carbocycles. The van der Waals surface area contributed by atoms with Crippen LogP contribution in [-0.2, 0) is 9.59 Å². The number of hydrogen-bond acceptors (Lipinski definition) is 3. The van der Waals surface area contributed by atoms with E-state index in [9.17, 15) is 18.8 Å². The first kappa shape index (κ1) is 24.1. The molecule has 0 heterocycles. The van der Waals surface area contributed by atoms with Crippen molar-refractivity contribution in [1.29, 1.82) is 0 Å². The summed E-state index contributed by atoms with van der Waals surface area (Å²) in [5.41, 5.74) is 0.309. The van der Waals surface area contributed by atoms with Crippen LogP contribution in [0.2, 0.25) is 15.1 Å². The third kappa shape index (κ3) is 5.26. The molecule has 1 aliphatic rings. The molecule has 2 atom stereocenters. The minimum Gasteiger partial charge on any atom is -0.345 e. The molecule has 11 heteroatoms. The van der Waals surface area contributed by atoms with Crippen molar-refractivity contribution in [3.8, 4) is 0 Å². The molecule has 0 aliphatic heterocycles. The Morgan fingerprint density at radius 1 is 1.03 bits per heavy atom. The Bertz CT molecular complexity index is 1070. The highest BCUT2D eigenvalue weighted by atomic mass is 35.5. The van der Waals surface area contributed by atoms with Crippen LogP contribution in [-0.4, -0.2) is 28.5 Å². The molecule has 2 amide bonds. The lowest BCUT2D eigenvalue weighted by Crippen LogP contribution is -2.28. The Kier molecular flexibility index (Phi) is 7.08. The second kappa shape index (κ2) is 9.12. The summed E-state index contributed by atoms with van der Waals surface area (Å²) in [5.74, 6) is -4.05. The third-order valence-corrected chi connectivity index (χ3v) is 6.38. The van der Waals surface area contributed by atoms with E-state index in [1.54, 1.807) is 12.1 Å². The SMILES string of the molecule is CC(=O)CNC(=O)c1cc(NC(=O)[C@H]2[C@H](c3cc(Cl)cc(Cl)c3)C2(Cl)Cl)cc(F)c1Cl. The zero-order chi connectivity index (χ0) is 23.1. The molecule has 0 bridgehead atoms. The third-order valence-electron chi connectivity index (χ3n) is 4.62. The summed E-state index contributed by atoms with van der Waals surface area (Å²) >= 11 is 30.5. The van der Waals surface area contributed by atoms with Gasteiger partial charge in [-0.25, -0.2) is 4.39 Å². The molecule has 0 spiro atoms. The number of carbonyl (C=O) groups is 3. The Morgan fingerprint density at radius 2 is 1.65 bits per heavy atom. The fraction of sp³-hybridized carbons (Fsp3) is 0.250. The summed E-state index contributed by atoms with van der Waals surface area (Å²) in [6.07, 6.45) is 0. The van der Waals surface area contributed by atoms with Crippen LogP contribution in [0.15, 0.2) is 30.3 Å². The lowest BCUT2D eigenvalue weighted by Gasteiger charge is -2.11. The van der Waals surface area contributed by atoms with Gasteiger partial charge in [0.15, 0.2) is 0 Å². The Labute approximate surface area is 202 Å². The molecule has 2 aromatic rings. The quantitative estimate of drug-likeness (QED) is 0.479. The van der Waals surface area contributed by atoms with Crippen LogP contribution in [0.3, 0.4) is 0 Å². The van der Waals surface area contributed by atoms with E-state index in [2.05, 4.69) is 10.6 Å². The van der Waals surface area contributed by atoms with Gasteiger partial charge < -0.3 is 10.6 Å². The fourth-order valence-corrected chi connectivity index (χ4v) is 4.73. The van der Waals surface area contributed by atoms with E-state index in [-0.39, 0.29) is 23.6 Å². The van der Waals surface area contributed by atoms with Gasteiger partial charge in [0.25, 0.3) is 5.91 Å². The van der Waals surface area contributed by atoms with E-state index in [1.165, 1.54) is 19.1 Å². The van der Waals surface area contributed by atoms with Crippen LogP contribution in [0.4, 0.5) is 10.1 Å². The van der Waals surface area contributed by atoms with Crippen LogP contribution in [0.25, 0.3) is 0 Å². The largest absolute Gasteiger partial charge is 0.345 e. The number of benzene rings is 2. The lowest BCUT2D eigenvalue weighted by atomic mass is 10.1. The summed E-state index contributed by atoms with van der Waals surface area (Å²) < 4.78 is 12.8. The first-order chi connectivity index (χ1) is 14.4. The van der Waals surface area contributed by atoms with E-state index >= 15 is 0 Å². The minimum atomic E-state index is -1.43. The summed E-state index contributed by atoms with van der Waals surface area (Å²) in [4.78, 5) is 36.1. The summed E-state index contributed by atoms with van der Waals surface area (Å²) in [5, 5.41) is 5.09. The molecule has 31 heavy (non-hydrogen) atoms. The molecule has 0 aromatic heterocycles. The first-order valence-electron chi connectivity index (χ1n) is 8.83. The van der Waals surface area contributed by atoms with Crippen molar-refractivity contribution in [2.75, 3.05) is 11.9 Å². The highest BCUT2D eigenvalue weighted by Gasteiger charge is 2.67. The monoisotopic (exact) mass is 524 g/mol. The number of amides is 2. The second-order valence-corrected chi connectivity index (χ2v) is 9.72. The van der Waals surface area contributed by atoms with Crippen molar-refractivity contribution in [3.05, 3.63) is 62.3 Å². The number of rotatable bonds is 6. The maximum Gasteiger partial charge on any atom is 0.253 e. The zero-order valence-corrected chi connectivity index (χ0v) is 19.5. The average Bonchev–Trinajstić information content (AvgIpc) is 3.24. The van der Waals surface area contributed by atoms with Crippen molar-refractivity contribution in [2.45, 2.75) is 17.2 Å². The Hall–Kier alpha value is -1.57. The van der Waals surface area contributed by atoms with Crippen molar-refractivity contribution in [2.24, 2.45) is 5.92 Å². The van der Waals surface area contributed by atoms with E-state index in [0.717, 1.165) is 6.07 Å². The van der Waals surface area contributed by atoms with Gasteiger partial charge in [0, 0.05) is 21.7 Å². The van der Waals surface area contributed by atoms with E-state index < -0.39 is 38.8 Å². The normalized spacial score (nSPS) is 18.9. The van der Waals surface area contributed by atoms with Gasteiger partial charge >= 0.3 is 0 Å². The number of carbonyl (C=O) groups excluding carboxylic acids is 3. The molecule has 0 saturated heterocycles. The van der Waals surface area contributed by atoms with Gasteiger partial charge in [0.05, 0.1) is 23.0 Å². The summed E-state index contributed by atoms with van der Waals surface area (Å²) in [6, 6.07) is 6.88. The fourth-order valence-electron chi connectivity index (χ4n) is 3.17. The molecule has 1 saturated carbocycles. The van der Waals surface area contributed by atoms with Gasteiger partial charge in [-0.1, -0.05) is 34.8 Å². The second-order valence-electron chi connectivity index (χ2n) is 7.03. The number of alkyl halides is 2. The summed E-state index contributed by atoms with van der Waals surface area (Å²) in [6.45, 7) is 1.03. The number of nitrogens with one attached hydrogen (secondary N) is 2. The van der Waals surface area contributed by atoms with Crippen LogP contribution in [0, 0.1) is 11.7 Å². The first-order valence-corrected chi connectivity index (χ1v) is 10.7. The number of Topliss-reactive ketones (excluding diaryl/α,β-unsaturated/α-hetero) is 1. The predicted octanol–water partition coefficient (Wildman–Crippen LogP) is 5.63. The minimum absolute atomic E-state index is 0.0289. The van der Waals surface area contributed by atoms with Gasteiger partial charge in [0.2, 0.25) is 5.91 Å².